The molecular formula is C20H22Cl2N4O5S2. The first-order valence-corrected chi connectivity index (χ1v) is 14.4. The van der Waals surface area contributed by atoms with E-state index >= 15 is 0 Å². The topological polar surface area (TPSA) is 108 Å². The average molecular weight is 533 g/mol. The number of anilines is 2. The summed E-state index contributed by atoms with van der Waals surface area (Å²) in [6.07, 6.45) is 2.97. The Morgan fingerprint density at radius 2 is 1.76 bits per heavy atom. The molecule has 0 bridgehead atoms. The molecule has 2 aliphatic heterocycles. The highest BCUT2D eigenvalue weighted by Crippen LogP contribution is 2.30. The highest BCUT2D eigenvalue weighted by Gasteiger charge is 2.32. The Labute approximate surface area is 202 Å². The lowest BCUT2D eigenvalue weighted by Crippen LogP contribution is -2.49. The first kappa shape index (κ1) is 24.1. The van der Waals surface area contributed by atoms with E-state index in [0.29, 0.717) is 48.5 Å². The summed E-state index contributed by atoms with van der Waals surface area (Å²) >= 11 is 12.1. The fourth-order valence-corrected chi connectivity index (χ4v) is 6.96. The van der Waals surface area contributed by atoms with Crippen LogP contribution in [0.1, 0.15) is 16.8 Å². The van der Waals surface area contributed by atoms with Gasteiger partial charge in [0.2, 0.25) is 10.0 Å². The van der Waals surface area contributed by atoms with E-state index in [9.17, 15) is 21.6 Å². The minimum atomic E-state index is -3.79. The maximum Gasteiger partial charge on any atom is 0.255 e. The average Bonchev–Trinajstić information content (AvgIpc) is 3.11. The van der Waals surface area contributed by atoms with E-state index in [1.54, 1.807) is 11.0 Å². The highest BCUT2D eigenvalue weighted by atomic mass is 35.5. The van der Waals surface area contributed by atoms with E-state index in [0.717, 1.165) is 6.26 Å². The molecule has 2 aromatic rings. The number of sulfone groups is 1. The molecular weight excluding hydrogens is 511 g/mol. The van der Waals surface area contributed by atoms with Gasteiger partial charge in [0.25, 0.3) is 5.91 Å². The van der Waals surface area contributed by atoms with Gasteiger partial charge in [-0.05, 0) is 30.7 Å². The van der Waals surface area contributed by atoms with Gasteiger partial charge in [0, 0.05) is 45.2 Å². The number of pyridine rings is 1. The third-order valence-corrected chi connectivity index (χ3v) is 9.13. The number of halogens is 2. The summed E-state index contributed by atoms with van der Waals surface area (Å²) in [5.74, 6) is 0.154. The maximum absolute atomic E-state index is 13.2. The fourth-order valence-electron chi connectivity index (χ4n) is 4.01. The molecule has 1 aromatic heterocycles. The number of benzene rings is 1. The van der Waals surface area contributed by atoms with Crippen LogP contribution in [0.3, 0.4) is 0 Å². The van der Waals surface area contributed by atoms with Crippen LogP contribution < -0.4 is 9.21 Å². The van der Waals surface area contributed by atoms with Crippen LogP contribution >= 0.6 is 23.2 Å². The predicted molar refractivity (Wildman–Crippen MR) is 128 cm³/mol. The highest BCUT2D eigenvalue weighted by molar-refractivity contribution is 7.93. The third kappa shape index (κ3) is 4.91. The van der Waals surface area contributed by atoms with E-state index in [1.165, 1.54) is 28.7 Å². The summed E-state index contributed by atoms with van der Waals surface area (Å²) in [4.78, 5) is 20.8. The molecule has 2 aliphatic rings. The first-order chi connectivity index (χ1) is 15.5. The number of amides is 1. The number of aromatic nitrogens is 1. The van der Waals surface area contributed by atoms with E-state index in [-0.39, 0.29) is 28.4 Å². The van der Waals surface area contributed by atoms with Crippen LogP contribution in [0.5, 0.6) is 0 Å². The second-order valence-corrected chi connectivity index (χ2v) is 12.8. The fraction of sp³-hybridized carbons (Fsp3) is 0.400. The first-order valence-electron chi connectivity index (χ1n) is 10.2. The molecule has 33 heavy (non-hydrogen) atoms. The number of nitrogens with zero attached hydrogens (tertiary/aromatic N) is 4. The molecule has 0 unspecified atom stereocenters. The van der Waals surface area contributed by atoms with Crippen LogP contribution in [0.25, 0.3) is 0 Å². The number of hydrogen-bond acceptors (Lipinski definition) is 7. The van der Waals surface area contributed by atoms with Gasteiger partial charge in [0.1, 0.15) is 5.82 Å². The molecule has 9 nitrogen and oxygen atoms in total. The Kier molecular flexibility index (Phi) is 6.51. The molecule has 1 aromatic carbocycles. The van der Waals surface area contributed by atoms with Crippen molar-refractivity contribution in [2.45, 2.75) is 11.3 Å². The molecule has 2 saturated heterocycles. The predicted octanol–water partition coefficient (Wildman–Crippen LogP) is 2.29. The molecule has 0 spiro atoms. The van der Waals surface area contributed by atoms with Crippen molar-refractivity contribution in [3.05, 3.63) is 46.1 Å². The van der Waals surface area contributed by atoms with Gasteiger partial charge in [-0.3, -0.25) is 9.10 Å². The summed E-state index contributed by atoms with van der Waals surface area (Å²) in [6, 6.07) is 5.76. The van der Waals surface area contributed by atoms with Crippen molar-refractivity contribution >= 4 is 60.5 Å². The lowest BCUT2D eigenvalue weighted by Gasteiger charge is -2.36. The Bertz CT molecular complexity index is 1310. The van der Waals surface area contributed by atoms with Crippen molar-refractivity contribution < 1.29 is 21.6 Å². The van der Waals surface area contributed by atoms with Crippen molar-refractivity contribution in [2.75, 3.05) is 53.9 Å². The summed E-state index contributed by atoms with van der Waals surface area (Å²) in [7, 11) is -7.27. The number of piperazine rings is 1. The Morgan fingerprint density at radius 1 is 1.06 bits per heavy atom. The van der Waals surface area contributed by atoms with Crippen LogP contribution in [0.4, 0.5) is 11.5 Å². The Balaban J connectivity index is 1.57. The van der Waals surface area contributed by atoms with E-state index in [4.69, 9.17) is 23.2 Å². The molecule has 13 heteroatoms. The van der Waals surface area contributed by atoms with Crippen molar-refractivity contribution in [1.29, 1.82) is 0 Å². The molecule has 0 N–H and O–H groups in total. The van der Waals surface area contributed by atoms with Gasteiger partial charge in [-0.1, -0.05) is 23.2 Å². The van der Waals surface area contributed by atoms with Gasteiger partial charge < -0.3 is 9.80 Å². The Morgan fingerprint density at radius 3 is 2.33 bits per heavy atom. The minimum absolute atomic E-state index is 0.0126. The third-order valence-electron chi connectivity index (χ3n) is 5.64. The molecule has 0 aliphatic carbocycles. The minimum Gasteiger partial charge on any atom is -0.352 e. The van der Waals surface area contributed by atoms with Crippen molar-refractivity contribution in [3.63, 3.8) is 0 Å². The lowest BCUT2D eigenvalue weighted by atomic mass is 10.1. The van der Waals surface area contributed by atoms with Crippen LogP contribution in [-0.2, 0) is 19.9 Å². The van der Waals surface area contributed by atoms with Gasteiger partial charge >= 0.3 is 0 Å². The monoisotopic (exact) mass is 532 g/mol. The summed E-state index contributed by atoms with van der Waals surface area (Å²) in [5.41, 5.74) is 0.270. The van der Waals surface area contributed by atoms with Gasteiger partial charge in [-0.2, -0.15) is 0 Å². The van der Waals surface area contributed by atoms with Gasteiger partial charge in [0.05, 0.1) is 31.9 Å². The van der Waals surface area contributed by atoms with Crippen LogP contribution in [0, 0.1) is 0 Å². The number of sulfonamides is 1. The normalized spacial score (nSPS) is 18.6. The molecule has 1 amide bonds. The molecule has 4 rings (SSSR count). The SMILES string of the molecule is CS(=O)(=O)c1cc(N2CCCS2(=O)=O)ccc1C(=O)N1CCN(c2ncc(Cl)cc2Cl)CC1. The summed E-state index contributed by atoms with van der Waals surface area (Å²) in [6.45, 7) is 1.87. The number of carbonyl (C=O) groups excluding carboxylic acids is 1. The van der Waals surface area contributed by atoms with E-state index in [1.807, 2.05) is 4.90 Å². The molecule has 0 saturated carbocycles. The lowest BCUT2D eigenvalue weighted by molar-refractivity contribution is 0.0742. The molecule has 0 radical (unpaired) electrons. The van der Waals surface area contributed by atoms with Crippen molar-refractivity contribution in [3.8, 4) is 0 Å². The second-order valence-electron chi connectivity index (χ2n) is 7.93. The van der Waals surface area contributed by atoms with Crippen LogP contribution in [-0.4, -0.2) is 77.4 Å². The quantitative estimate of drug-likeness (QED) is 0.594. The van der Waals surface area contributed by atoms with Gasteiger partial charge in [-0.25, -0.2) is 21.8 Å². The summed E-state index contributed by atoms with van der Waals surface area (Å²) in [5, 5.41) is 0.838. The molecule has 2 fully saturated rings. The number of hydrogen-bond donors (Lipinski definition) is 0. The molecule has 178 valence electrons. The standard InChI is InChI=1S/C20H22Cl2N4O5S2/c1-32(28,29)18-12-15(26-5-2-10-33(26,30)31)3-4-16(18)20(27)25-8-6-24(7-9-25)19-17(22)11-14(21)13-23-19/h3-4,11-13H,2,5-10H2,1H3. The maximum atomic E-state index is 13.2. The Hall–Kier alpha value is -2.08. The zero-order chi connectivity index (χ0) is 24.0. The molecule has 0 atom stereocenters. The van der Waals surface area contributed by atoms with Crippen molar-refractivity contribution in [1.82, 2.24) is 9.88 Å². The van der Waals surface area contributed by atoms with Gasteiger partial charge in [0.15, 0.2) is 9.84 Å². The zero-order valence-corrected chi connectivity index (χ0v) is 20.9. The zero-order valence-electron chi connectivity index (χ0n) is 17.7. The smallest absolute Gasteiger partial charge is 0.255 e. The van der Waals surface area contributed by atoms with Crippen LogP contribution in [0.2, 0.25) is 10.0 Å². The number of rotatable bonds is 4. The van der Waals surface area contributed by atoms with Crippen LogP contribution in [0.15, 0.2) is 35.4 Å². The van der Waals surface area contributed by atoms with Crippen molar-refractivity contribution in [2.24, 2.45) is 0 Å². The van der Waals surface area contributed by atoms with Gasteiger partial charge in [-0.15, -0.1) is 0 Å². The second kappa shape index (κ2) is 8.94. The molecule has 3 heterocycles. The largest absolute Gasteiger partial charge is 0.352 e. The number of carbonyl (C=O) groups is 1. The summed E-state index contributed by atoms with van der Waals surface area (Å²) < 4.78 is 50.7. The van der Waals surface area contributed by atoms with E-state index < -0.39 is 25.8 Å². The van der Waals surface area contributed by atoms with E-state index in [2.05, 4.69) is 4.98 Å².